The fourth-order valence-electron chi connectivity index (χ4n) is 1.85. The first-order valence-electron chi connectivity index (χ1n) is 4.55. The Morgan fingerprint density at radius 2 is 1.69 bits per heavy atom. The smallest absolute Gasteiger partial charge is 0.294 e. The first kappa shape index (κ1) is 10.9. The molecule has 0 radical (unpaired) electrons. The van der Waals surface area contributed by atoms with Crippen LogP contribution in [0.4, 0.5) is 0 Å². The number of rotatable bonds is 2. The lowest BCUT2D eigenvalue weighted by Crippen LogP contribution is -2.43. The van der Waals surface area contributed by atoms with Crippen LogP contribution in [0.5, 0.6) is 0 Å². The second-order valence-corrected chi connectivity index (χ2v) is 5.64. The summed E-state index contributed by atoms with van der Waals surface area (Å²) in [5, 5.41) is 9.64. The first-order chi connectivity index (χ1) is 5.86. The van der Waals surface area contributed by atoms with Crippen LogP contribution in [0.1, 0.15) is 39.0 Å². The monoisotopic (exact) mass is 208 g/mol. The van der Waals surface area contributed by atoms with Gasteiger partial charge in [0.05, 0.1) is 0 Å². The van der Waals surface area contributed by atoms with Gasteiger partial charge in [-0.3, -0.25) is 4.55 Å². The molecule has 1 saturated carbocycles. The van der Waals surface area contributed by atoms with Crippen molar-refractivity contribution in [3.05, 3.63) is 0 Å². The van der Waals surface area contributed by atoms with Gasteiger partial charge in [0, 0.05) is 5.92 Å². The van der Waals surface area contributed by atoms with Crippen molar-refractivity contribution in [2.45, 2.75) is 44.0 Å². The third kappa shape index (κ3) is 2.21. The summed E-state index contributed by atoms with van der Waals surface area (Å²) in [6.45, 7) is 1.18. The zero-order valence-corrected chi connectivity index (χ0v) is 8.55. The molecule has 78 valence electrons. The van der Waals surface area contributed by atoms with E-state index in [1.807, 2.05) is 0 Å². The van der Waals surface area contributed by atoms with Crippen LogP contribution < -0.4 is 0 Å². The third-order valence-electron chi connectivity index (χ3n) is 2.88. The number of hydrogen-bond donors (Lipinski definition) is 2. The molecule has 1 rings (SSSR count). The minimum Gasteiger partial charge on any atom is -0.372 e. The molecule has 0 bridgehead atoms. The normalized spacial score (nSPS) is 25.5. The summed E-state index contributed by atoms with van der Waals surface area (Å²) >= 11 is 0. The average Bonchev–Trinajstić information content (AvgIpc) is 2.04. The molecule has 1 atom stereocenters. The van der Waals surface area contributed by atoms with Gasteiger partial charge < -0.3 is 5.11 Å². The van der Waals surface area contributed by atoms with Crippen molar-refractivity contribution in [1.82, 2.24) is 0 Å². The van der Waals surface area contributed by atoms with Gasteiger partial charge in [-0.05, 0) is 19.8 Å². The molecule has 1 aliphatic carbocycles. The predicted octanol–water partition coefficient (Wildman–Crippen LogP) is 1.16. The predicted molar refractivity (Wildman–Crippen MR) is 48.7 cm³/mol. The molecule has 1 aliphatic rings. The molecule has 0 heterocycles. The van der Waals surface area contributed by atoms with Crippen molar-refractivity contribution < 1.29 is 18.1 Å². The Morgan fingerprint density at radius 3 is 2.08 bits per heavy atom. The summed E-state index contributed by atoms with van der Waals surface area (Å²) in [4.78, 5) is -1.96. The van der Waals surface area contributed by atoms with Crippen LogP contribution in [0.15, 0.2) is 0 Å². The standard InChI is InChI=1S/C8H16O4S/c1-8(9,13(10,11)12)7-5-3-2-4-6-7/h7,9H,2-6H2,1H3,(H,10,11,12). The Morgan fingerprint density at radius 1 is 1.23 bits per heavy atom. The van der Waals surface area contributed by atoms with E-state index < -0.39 is 15.1 Å². The number of aliphatic hydroxyl groups is 1. The fraction of sp³-hybridized carbons (Fsp3) is 1.00. The minimum absolute atomic E-state index is 0.323. The molecule has 1 unspecified atom stereocenters. The molecule has 0 saturated heterocycles. The molecule has 0 aromatic heterocycles. The maximum absolute atomic E-state index is 10.9. The van der Waals surface area contributed by atoms with E-state index in [1.165, 1.54) is 6.92 Å². The molecule has 1 fully saturated rings. The molecular formula is C8H16O4S. The van der Waals surface area contributed by atoms with Crippen molar-refractivity contribution in [2.24, 2.45) is 5.92 Å². The Hall–Kier alpha value is -0.130. The lowest BCUT2D eigenvalue weighted by molar-refractivity contribution is 0.0497. The fourth-order valence-corrected chi connectivity index (χ4v) is 2.51. The van der Waals surface area contributed by atoms with Gasteiger partial charge >= 0.3 is 0 Å². The molecule has 5 heteroatoms. The molecule has 0 aromatic rings. The van der Waals surface area contributed by atoms with Gasteiger partial charge in [0.25, 0.3) is 10.1 Å². The van der Waals surface area contributed by atoms with Gasteiger partial charge in [-0.1, -0.05) is 19.3 Å². The van der Waals surface area contributed by atoms with Crippen molar-refractivity contribution in [1.29, 1.82) is 0 Å². The maximum Gasteiger partial charge on any atom is 0.294 e. The molecule has 13 heavy (non-hydrogen) atoms. The largest absolute Gasteiger partial charge is 0.372 e. The van der Waals surface area contributed by atoms with Gasteiger partial charge in [-0.15, -0.1) is 0 Å². The summed E-state index contributed by atoms with van der Waals surface area (Å²) in [6, 6.07) is 0. The van der Waals surface area contributed by atoms with E-state index in [9.17, 15) is 13.5 Å². The SMILES string of the molecule is CC(O)(C1CCCCC1)S(=O)(=O)O. The highest BCUT2D eigenvalue weighted by atomic mass is 32.2. The maximum atomic E-state index is 10.9. The lowest BCUT2D eigenvalue weighted by atomic mass is 9.85. The first-order valence-corrected chi connectivity index (χ1v) is 5.99. The van der Waals surface area contributed by atoms with Gasteiger partial charge in [-0.2, -0.15) is 8.42 Å². The quantitative estimate of drug-likeness (QED) is 0.668. The molecule has 2 N–H and O–H groups in total. The van der Waals surface area contributed by atoms with E-state index in [4.69, 9.17) is 4.55 Å². The van der Waals surface area contributed by atoms with Gasteiger partial charge in [0.15, 0.2) is 4.93 Å². The van der Waals surface area contributed by atoms with E-state index >= 15 is 0 Å². The molecule has 0 aromatic carbocycles. The van der Waals surface area contributed by atoms with E-state index in [0.717, 1.165) is 19.3 Å². The topological polar surface area (TPSA) is 74.6 Å². The van der Waals surface area contributed by atoms with Crippen molar-refractivity contribution >= 4 is 10.1 Å². The van der Waals surface area contributed by atoms with Crippen LogP contribution in [0.25, 0.3) is 0 Å². The summed E-state index contributed by atoms with van der Waals surface area (Å²) in [6.07, 6.45) is 4.28. The van der Waals surface area contributed by atoms with E-state index in [1.54, 1.807) is 0 Å². The van der Waals surface area contributed by atoms with Gasteiger partial charge in [0.2, 0.25) is 0 Å². The van der Waals surface area contributed by atoms with Gasteiger partial charge in [-0.25, -0.2) is 0 Å². The average molecular weight is 208 g/mol. The molecular weight excluding hydrogens is 192 g/mol. The van der Waals surface area contributed by atoms with Crippen LogP contribution in [0, 0.1) is 5.92 Å². The van der Waals surface area contributed by atoms with Crippen molar-refractivity contribution in [3.63, 3.8) is 0 Å². The summed E-state index contributed by atoms with van der Waals surface area (Å²) in [7, 11) is -4.35. The van der Waals surface area contributed by atoms with Crippen LogP contribution in [-0.2, 0) is 10.1 Å². The lowest BCUT2D eigenvalue weighted by Gasteiger charge is -2.32. The minimum atomic E-state index is -4.35. The number of hydrogen-bond acceptors (Lipinski definition) is 3. The Balaban J connectivity index is 2.79. The molecule has 4 nitrogen and oxygen atoms in total. The van der Waals surface area contributed by atoms with Crippen LogP contribution >= 0.6 is 0 Å². The molecule has 0 spiro atoms. The highest BCUT2D eigenvalue weighted by Gasteiger charge is 2.43. The second kappa shape index (κ2) is 3.55. The van der Waals surface area contributed by atoms with E-state index in [0.29, 0.717) is 12.8 Å². The molecule has 0 aliphatic heterocycles. The Labute approximate surface area is 78.7 Å². The summed E-state index contributed by atoms with van der Waals surface area (Å²) in [5.41, 5.74) is 0. The van der Waals surface area contributed by atoms with E-state index in [2.05, 4.69) is 0 Å². The van der Waals surface area contributed by atoms with Gasteiger partial charge in [0.1, 0.15) is 0 Å². The molecule has 0 amide bonds. The second-order valence-electron chi connectivity index (χ2n) is 3.86. The highest BCUT2D eigenvalue weighted by Crippen LogP contribution is 2.35. The highest BCUT2D eigenvalue weighted by molar-refractivity contribution is 7.87. The van der Waals surface area contributed by atoms with Crippen LogP contribution in [0.3, 0.4) is 0 Å². The summed E-state index contributed by atoms with van der Waals surface area (Å²) < 4.78 is 30.5. The van der Waals surface area contributed by atoms with Crippen LogP contribution in [0.2, 0.25) is 0 Å². The summed E-state index contributed by atoms with van der Waals surface area (Å²) in [5.74, 6) is -0.323. The van der Waals surface area contributed by atoms with Crippen molar-refractivity contribution in [3.8, 4) is 0 Å². The van der Waals surface area contributed by atoms with Crippen molar-refractivity contribution in [2.75, 3.05) is 0 Å². The zero-order valence-electron chi connectivity index (χ0n) is 7.73. The Kier molecular flexibility index (Phi) is 2.99. The zero-order chi connectivity index (χ0) is 10.1. The van der Waals surface area contributed by atoms with E-state index in [-0.39, 0.29) is 5.92 Å². The van der Waals surface area contributed by atoms with Crippen LogP contribution in [-0.4, -0.2) is 23.0 Å². The Bertz CT molecular complexity index is 262. The third-order valence-corrected chi connectivity index (χ3v) is 4.26.